The molecule has 1 aliphatic carbocycles. The van der Waals surface area contributed by atoms with E-state index in [-0.39, 0.29) is 0 Å². The van der Waals surface area contributed by atoms with Crippen molar-refractivity contribution < 1.29 is 5.11 Å². The molecule has 0 unspecified atom stereocenters. The third-order valence-corrected chi connectivity index (χ3v) is 5.73. The number of hydrogen-bond acceptors (Lipinski definition) is 6. The maximum atomic E-state index is 10.2. The van der Waals surface area contributed by atoms with Gasteiger partial charge >= 0.3 is 0 Å². The molecule has 3 heterocycles. The third kappa shape index (κ3) is 3.87. The number of thiophene rings is 1. The number of aliphatic hydroxyl groups excluding tert-OH is 1. The molecule has 138 valence electrons. The molecule has 3 aromatic heterocycles. The lowest BCUT2D eigenvalue weighted by molar-refractivity contribution is 0.170. The van der Waals surface area contributed by atoms with Gasteiger partial charge in [-0.15, -0.1) is 17.8 Å². The van der Waals surface area contributed by atoms with E-state index >= 15 is 0 Å². The van der Waals surface area contributed by atoms with Crippen LogP contribution in [0.25, 0.3) is 10.7 Å². The summed E-state index contributed by atoms with van der Waals surface area (Å²) >= 11 is 1.50. The van der Waals surface area contributed by atoms with Crippen molar-refractivity contribution in [2.24, 2.45) is 0 Å². The van der Waals surface area contributed by atoms with E-state index in [9.17, 15) is 5.11 Å². The van der Waals surface area contributed by atoms with Crippen molar-refractivity contribution in [1.82, 2.24) is 20.2 Å². The summed E-state index contributed by atoms with van der Waals surface area (Å²) in [7, 11) is 0. The molecule has 1 fully saturated rings. The minimum atomic E-state index is -0.443. The maximum Gasteiger partial charge on any atom is 0.171 e. The van der Waals surface area contributed by atoms with Crippen molar-refractivity contribution in [2.45, 2.75) is 44.6 Å². The molecule has 0 saturated heterocycles. The highest BCUT2D eigenvalue weighted by Crippen LogP contribution is 2.39. The molecule has 0 amide bonds. The Balaban J connectivity index is 1.59. The molecular weight excluding hydrogens is 358 g/mol. The van der Waals surface area contributed by atoms with Crippen LogP contribution < -0.4 is 5.32 Å². The highest BCUT2D eigenvalue weighted by Gasteiger charge is 2.25. The van der Waals surface area contributed by atoms with Crippen LogP contribution in [0.2, 0.25) is 0 Å². The Kier molecular flexibility index (Phi) is 4.92. The zero-order valence-electron chi connectivity index (χ0n) is 15.1. The average Bonchev–Trinajstić information content (AvgIpc) is 3.22. The third-order valence-electron chi connectivity index (χ3n) is 4.54. The quantitative estimate of drug-likeness (QED) is 0.531. The summed E-state index contributed by atoms with van der Waals surface area (Å²) in [6, 6.07) is 5.87. The van der Waals surface area contributed by atoms with Crippen molar-refractivity contribution in [3.63, 3.8) is 0 Å². The van der Waals surface area contributed by atoms with Crippen molar-refractivity contribution in [3.05, 3.63) is 40.5 Å². The molecular formula is C20H21N5OS. The van der Waals surface area contributed by atoms with Gasteiger partial charge in [-0.1, -0.05) is 19.3 Å². The van der Waals surface area contributed by atoms with Gasteiger partial charge in [0, 0.05) is 28.8 Å². The minimum Gasteiger partial charge on any atom is -0.388 e. The first kappa shape index (κ1) is 17.7. The number of aliphatic hydroxyl groups is 1. The molecule has 0 bridgehead atoms. The summed E-state index contributed by atoms with van der Waals surface area (Å²) in [5.41, 5.74) is 1.72. The normalized spacial score (nSPS) is 14.7. The van der Waals surface area contributed by atoms with Crippen LogP contribution in [0.3, 0.4) is 0 Å². The first-order chi connectivity index (χ1) is 13.2. The lowest BCUT2D eigenvalue weighted by Gasteiger charge is -2.07. The SMILES string of the molecule is C#Cc1cnc(-c2ccc([C@H](O)CCC)s2)nc1Nc1cc(C2CC2)[nH]n1. The van der Waals surface area contributed by atoms with Gasteiger partial charge in [0.05, 0.1) is 16.5 Å². The number of aromatic amines is 1. The van der Waals surface area contributed by atoms with Gasteiger partial charge in [0.25, 0.3) is 0 Å². The van der Waals surface area contributed by atoms with Crippen LogP contribution in [0.1, 0.15) is 60.8 Å². The first-order valence-electron chi connectivity index (χ1n) is 9.12. The molecule has 0 radical (unpaired) electrons. The van der Waals surface area contributed by atoms with Crippen LogP contribution in [0.5, 0.6) is 0 Å². The van der Waals surface area contributed by atoms with Crippen molar-refractivity contribution >= 4 is 23.0 Å². The molecule has 4 rings (SSSR count). The molecule has 1 atom stereocenters. The van der Waals surface area contributed by atoms with Gasteiger partial charge in [-0.05, 0) is 31.4 Å². The summed E-state index contributed by atoms with van der Waals surface area (Å²) in [5, 5.41) is 20.8. The van der Waals surface area contributed by atoms with Gasteiger partial charge in [0.2, 0.25) is 0 Å². The van der Waals surface area contributed by atoms with E-state index < -0.39 is 6.10 Å². The topological polar surface area (TPSA) is 86.7 Å². The number of rotatable bonds is 7. The van der Waals surface area contributed by atoms with E-state index in [4.69, 9.17) is 6.42 Å². The Morgan fingerprint density at radius 2 is 2.30 bits per heavy atom. The molecule has 27 heavy (non-hydrogen) atoms. The number of hydrogen-bond donors (Lipinski definition) is 3. The molecule has 7 heteroatoms. The number of nitrogens with one attached hydrogen (secondary N) is 2. The Morgan fingerprint density at radius 1 is 1.44 bits per heavy atom. The van der Waals surface area contributed by atoms with E-state index in [0.29, 0.717) is 28.9 Å². The van der Waals surface area contributed by atoms with E-state index in [1.54, 1.807) is 6.20 Å². The second kappa shape index (κ2) is 7.51. The smallest absolute Gasteiger partial charge is 0.171 e. The molecule has 3 N–H and O–H groups in total. The summed E-state index contributed by atoms with van der Waals surface area (Å²) < 4.78 is 0. The highest BCUT2D eigenvalue weighted by atomic mass is 32.1. The van der Waals surface area contributed by atoms with Crippen LogP contribution in [0, 0.1) is 12.3 Å². The monoisotopic (exact) mass is 379 g/mol. The van der Waals surface area contributed by atoms with Crippen LogP contribution in [0.4, 0.5) is 11.6 Å². The van der Waals surface area contributed by atoms with Crippen LogP contribution in [0.15, 0.2) is 24.4 Å². The number of nitrogens with zero attached hydrogens (tertiary/aromatic N) is 3. The number of anilines is 2. The van der Waals surface area contributed by atoms with E-state index in [1.807, 2.05) is 18.2 Å². The zero-order valence-corrected chi connectivity index (χ0v) is 15.9. The largest absolute Gasteiger partial charge is 0.388 e. The van der Waals surface area contributed by atoms with Gasteiger partial charge < -0.3 is 10.4 Å². The van der Waals surface area contributed by atoms with Crippen LogP contribution >= 0.6 is 11.3 Å². The van der Waals surface area contributed by atoms with E-state index in [1.165, 1.54) is 24.2 Å². The Hall–Kier alpha value is -2.69. The predicted molar refractivity (Wildman–Crippen MR) is 107 cm³/mol. The van der Waals surface area contributed by atoms with Gasteiger partial charge in [-0.2, -0.15) is 5.10 Å². The number of terminal acetylenes is 1. The summed E-state index contributed by atoms with van der Waals surface area (Å²) in [6.07, 6.45) is 10.9. The Morgan fingerprint density at radius 3 is 3.04 bits per heavy atom. The predicted octanol–water partition coefficient (Wildman–Crippen LogP) is 4.36. The lowest BCUT2D eigenvalue weighted by Crippen LogP contribution is -2.00. The maximum absolute atomic E-state index is 10.2. The highest BCUT2D eigenvalue weighted by molar-refractivity contribution is 7.15. The van der Waals surface area contributed by atoms with Gasteiger partial charge in [-0.3, -0.25) is 5.10 Å². The van der Waals surface area contributed by atoms with Gasteiger partial charge in [-0.25, -0.2) is 9.97 Å². The van der Waals surface area contributed by atoms with Crippen LogP contribution in [-0.4, -0.2) is 25.3 Å². The summed E-state index contributed by atoms with van der Waals surface area (Å²) in [6.45, 7) is 2.06. The van der Waals surface area contributed by atoms with Crippen molar-refractivity contribution in [3.8, 4) is 23.0 Å². The molecule has 0 spiro atoms. The lowest BCUT2D eigenvalue weighted by atomic mass is 10.2. The van der Waals surface area contributed by atoms with Crippen LogP contribution in [-0.2, 0) is 0 Å². The summed E-state index contributed by atoms with van der Waals surface area (Å²) in [4.78, 5) is 10.8. The summed E-state index contributed by atoms with van der Waals surface area (Å²) in [5.74, 6) is 5.04. The molecule has 1 aliphatic rings. The molecule has 0 aliphatic heterocycles. The van der Waals surface area contributed by atoms with Crippen molar-refractivity contribution in [2.75, 3.05) is 5.32 Å². The van der Waals surface area contributed by atoms with E-state index in [0.717, 1.165) is 28.3 Å². The Bertz CT molecular complexity index is 982. The fourth-order valence-electron chi connectivity index (χ4n) is 2.89. The molecule has 1 saturated carbocycles. The molecule has 6 nitrogen and oxygen atoms in total. The zero-order chi connectivity index (χ0) is 18.8. The van der Waals surface area contributed by atoms with Crippen molar-refractivity contribution in [1.29, 1.82) is 0 Å². The number of H-pyrrole nitrogens is 1. The number of aromatic nitrogens is 4. The Labute approximate surface area is 162 Å². The molecule has 3 aromatic rings. The molecule has 0 aromatic carbocycles. The fourth-order valence-corrected chi connectivity index (χ4v) is 3.86. The second-order valence-electron chi connectivity index (χ2n) is 6.71. The van der Waals surface area contributed by atoms with E-state index in [2.05, 4.69) is 38.3 Å². The first-order valence-corrected chi connectivity index (χ1v) is 9.93. The fraction of sp³-hybridized carbons (Fsp3) is 0.350. The average molecular weight is 379 g/mol. The minimum absolute atomic E-state index is 0.443. The standard InChI is InChI=1S/C20H21N5OS/c1-3-5-15(26)16-8-9-17(27-16)20-21-11-12(4-2)19(23-20)22-18-10-14(24-25-18)13-6-7-13/h2,8-11,13,15,26H,3,5-7H2,1H3,(H2,21,22,23,24,25)/t15-/m1/s1. The second-order valence-corrected chi connectivity index (χ2v) is 7.83. The van der Waals surface area contributed by atoms with Gasteiger partial charge in [0.1, 0.15) is 0 Å². The van der Waals surface area contributed by atoms with Gasteiger partial charge in [0.15, 0.2) is 17.5 Å².